The number of carbonyl (C=O) groups excluding carboxylic acids is 1. The van der Waals surface area contributed by atoms with E-state index in [-0.39, 0.29) is 5.56 Å². The highest BCUT2D eigenvalue weighted by atomic mass is 16.4. The maximum Gasteiger partial charge on any atom is 0.0715 e. The fourth-order valence-electron chi connectivity index (χ4n) is 4.16. The van der Waals surface area contributed by atoms with Crippen LogP contribution in [0.15, 0.2) is 48.5 Å². The van der Waals surface area contributed by atoms with Gasteiger partial charge in [-0.15, -0.1) is 0 Å². The predicted octanol–water partition coefficient (Wildman–Crippen LogP) is 5.18. The van der Waals surface area contributed by atoms with Gasteiger partial charge in [0.15, 0.2) is 0 Å². The molecule has 2 nitrogen and oxygen atoms in total. The summed E-state index contributed by atoms with van der Waals surface area (Å²) in [5, 5.41) is 10.8. The lowest BCUT2D eigenvalue weighted by Crippen LogP contribution is -2.21. The van der Waals surface area contributed by atoms with E-state index in [1.807, 2.05) is 12.1 Å². The highest BCUT2D eigenvalue weighted by molar-refractivity contribution is 5.86. The number of hydrogen-bond donors (Lipinski definition) is 0. The summed E-state index contributed by atoms with van der Waals surface area (Å²) in [6, 6.07) is 15.8. The van der Waals surface area contributed by atoms with Crippen LogP contribution in [0.5, 0.6) is 0 Å². The van der Waals surface area contributed by atoms with Crippen molar-refractivity contribution in [3.63, 3.8) is 0 Å². The molecule has 0 saturated heterocycles. The lowest BCUT2D eigenvalue weighted by atomic mass is 9.89. The quantitative estimate of drug-likeness (QED) is 0.706. The van der Waals surface area contributed by atoms with Crippen molar-refractivity contribution < 1.29 is 9.90 Å². The summed E-state index contributed by atoms with van der Waals surface area (Å²) < 4.78 is 0. The minimum Gasteiger partial charge on any atom is -0.545 e. The van der Waals surface area contributed by atoms with Crippen molar-refractivity contribution in [1.82, 2.24) is 0 Å². The van der Waals surface area contributed by atoms with Gasteiger partial charge in [-0.25, -0.2) is 0 Å². The molecule has 3 rings (SSSR count). The Morgan fingerprint density at radius 1 is 0.920 bits per heavy atom. The van der Waals surface area contributed by atoms with Gasteiger partial charge in [0.1, 0.15) is 0 Å². The average Bonchev–Trinajstić information content (AvgIpc) is 2.88. The van der Waals surface area contributed by atoms with Gasteiger partial charge in [0.2, 0.25) is 0 Å². The van der Waals surface area contributed by atoms with Crippen molar-refractivity contribution in [2.45, 2.75) is 57.8 Å². The molecule has 0 unspecified atom stereocenters. The number of carboxylic acid groups (broad SMARTS) is 1. The van der Waals surface area contributed by atoms with Crippen LogP contribution in [0, 0.1) is 5.92 Å². The Balaban J connectivity index is 1.68. The normalized spacial score (nSPS) is 20.8. The van der Waals surface area contributed by atoms with Crippen molar-refractivity contribution in [3.8, 4) is 11.1 Å². The summed E-state index contributed by atoms with van der Waals surface area (Å²) >= 11 is 0. The van der Waals surface area contributed by atoms with Crippen molar-refractivity contribution in [1.29, 1.82) is 0 Å². The Morgan fingerprint density at radius 3 is 2.16 bits per heavy atom. The highest BCUT2D eigenvalue weighted by Gasteiger charge is 2.19. The van der Waals surface area contributed by atoms with E-state index in [4.69, 9.17) is 0 Å². The molecular weight excluding hydrogens is 308 g/mol. The Morgan fingerprint density at radius 2 is 1.56 bits per heavy atom. The van der Waals surface area contributed by atoms with Gasteiger partial charge in [-0.1, -0.05) is 81.1 Å². The molecule has 0 spiro atoms. The second-order valence-electron chi connectivity index (χ2n) is 7.35. The molecule has 2 aromatic carbocycles. The lowest BCUT2D eigenvalue weighted by Gasteiger charge is -2.16. The molecule has 0 N–H and O–H groups in total. The maximum atomic E-state index is 10.8. The molecule has 0 aliphatic heterocycles. The molecule has 2 atom stereocenters. The first-order chi connectivity index (χ1) is 12.2. The average molecular weight is 335 g/mol. The third-order valence-electron chi connectivity index (χ3n) is 5.62. The molecule has 0 aromatic heterocycles. The first-order valence-electron chi connectivity index (χ1n) is 9.59. The number of benzene rings is 2. The van der Waals surface area contributed by atoms with Crippen LogP contribution in [0.4, 0.5) is 0 Å². The summed E-state index contributed by atoms with van der Waals surface area (Å²) in [5.74, 6) is 0.490. The van der Waals surface area contributed by atoms with Crippen LogP contribution < -0.4 is 5.11 Å². The third kappa shape index (κ3) is 4.50. The number of carbonyl (C=O) groups is 1. The maximum absolute atomic E-state index is 10.8. The summed E-state index contributed by atoms with van der Waals surface area (Å²) in [6.07, 6.45) is 9.42. The first-order valence-corrected chi connectivity index (χ1v) is 9.59. The molecule has 132 valence electrons. The second kappa shape index (κ2) is 8.33. The minimum absolute atomic E-state index is 0.223. The van der Waals surface area contributed by atoms with Crippen LogP contribution in [-0.4, -0.2) is 5.97 Å². The van der Waals surface area contributed by atoms with Crippen LogP contribution in [0.2, 0.25) is 0 Å². The predicted molar refractivity (Wildman–Crippen MR) is 100 cm³/mol. The molecule has 1 aliphatic rings. The van der Waals surface area contributed by atoms with Gasteiger partial charge in [0.05, 0.1) is 5.97 Å². The molecule has 2 heteroatoms. The first kappa shape index (κ1) is 17.7. The summed E-state index contributed by atoms with van der Waals surface area (Å²) in [7, 11) is 0. The monoisotopic (exact) mass is 335 g/mol. The molecular formula is C23H27O2-. The van der Waals surface area contributed by atoms with Gasteiger partial charge in [-0.3, -0.25) is 0 Å². The number of aromatic carboxylic acids is 1. The van der Waals surface area contributed by atoms with E-state index in [0.29, 0.717) is 5.92 Å². The van der Waals surface area contributed by atoms with Crippen molar-refractivity contribution in [2.24, 2.45) is 5.92 Å². The molecule has 1 fully saturated rings. The van der Waals surface area contributed by atoms with E-state index < -0.39 is 5.97 Å². The molecule has 0 radical (unpaired) electrons. The van der Waals surface area contributed by atoms with Crippen LogP contribution in [0.1, 0.15) is 73.7 Å². The van der Waals surface area contributed by atoms with Gasteiger partial charge >= 0.3 is 0 Å². The largest absolute Gasteiger partial charge is 0.545 e. The van der Waals surface area contributed by atoms with Crippen LogP contribution >= 0.6 is 0 Å². The number of hydrogen-bond acceptors (Lipinski definition) is 2. The van der Waals surface area contributed by atoms with Gasteiger partial charge in [-0.2, -0.15) is 0 Å². The van der Waals surface area contributed by atoms with Crippen molar-refractivity contribution in [3.05, 3.63) is 59.7 Å². The van der Waals surface area contributed by atoms with Crippen LogP contribution in [-0.2, 0) is 0 Å². The summed E-state index contributed by atoms with van der Waals surface area (Å²) in [4.78, 5) is 10.8. The SMILES string of the molecule is CCC[C@H]1CCC[C@@H](c2ccc(-c3ccc(C(=O)[O-])cc3)cc2)CC1. The van der Waals surface area contributed by atoms with E-state index in [0.717, 1.165) is 17.0 Å². The molecule has 25 heavy (non-hydrogen) atoms. The molecule has 1 saturated carbocycles. The topological polar surface area (TPSA) is 40.1 Å². The minimum atomic E-state index is -1.13. The van der Waals surface area contributed by atoms with E-state index in [9.17, 15) is 9.90 Å². The molecule has 0 bridgehead atoms. The Kier molecular flexibility index (Phi) is 5.91. The second-order valence-corrected chi connectivity index (χ2v) is 7.35. The van der Waals surface area contributed by atoms with Crippen LogP contribution in [0.3, 0.4) is 0 Å². The highest BCUT2D eigenvalue weighted by Crippen LogP contribution is 2.36. The fraction of sp³-hybridized carbons (Fsp3) is 0.435. The standard InChI is InChI=1S/C23H28O2/c1-2-4-17-5-3-6-18(8-7-17)19-9-11-20(12-10-19)21-13-15-22(16-14-21)23(24)25/h9-18H,2-8H2,1H3,(H,24,25)/p-1/t17-,18+/m0/s1. The molecule has 2 aromatic rings. The smallest absolute Gasteiger partial charge is 0.0715 e. The van der Waals surface area contributed by atoms with E-state index in [1.54, 1.807) is 12.1 Å². The van der Waals surface area contributed by atoms with E-state index in [2.05, 4.69) is 31.2 Å². The fourth-order valence-corrected chi connectivity index (χ4v) is 4.16. The third-order valence-corrected chi connectivity index (χ3v) is 5.62. The van der Waals surface area contributed by atoms with Gasteiger partial charge in [0.25, 0.3) is 0 Å². The Hall–Kier alpha value is -2.09. The zero-order valence-electron chi connectivity index (χ0n) is 15.0. The Labute approximate surface area is 150 Å². The number of rotatable bonds is 5. The molecule has 0 amide bonds. The van der Waals surface area contributed by atoms with Gasteiger partial charge in [0, 0.05) is 0 Å². The van der Waals surface area contributed by atoms with E-state index in [1.165, 1.54) is 50.5 Å². The zero-order chi connectivity index (χ0) is 17.6. The van der Waals surface area contributed by atoms with E-state index >= 15 is 0 Å². The summed E-state index contributed by atoms with van der Waals surface area (Å²) in [6.45, 7) is 2.29. The van der Waals surface area contributed by atoms with Crippen molar-refractivity contribution >= 4 is 5.97 Å². The lowest BCUT2D eigenvalue weighted by molar-refractivity contribution is -0.255. The summed E-state index contributed by atoms with van der Waals surface area (Å²) in [5.41, 5.74) is 3.85. The van der Waals surface area contributed by atoms with Gasteiger partial charge < -0.3 is 9.90 Å². The molecule has 1 aliphatic carbocycles. The zero-order valence-corrected chi connectivity index (χ0v) is 15.0. The number of carboxylic acids is 1. The van der Waals surface area contributed by atoms with Crippen LogP contribution in [0.25, 0.3) is 11.1 Å². The molecule has 0 heterocycles. The van der Waals surface area contributed by atoms with Crippen molar-refractivity contribution in [2.75, 3.05) is 0 Å². The van der Waals surface area contributed by atoms with Gasteiger partial charge in [-0.05, 0) is 53.4 Å². The Bertz CT molecular complexity index is 685.